The minimum Gasteiger partial charge on any atom is -0.310 e. The summed E-state index contributed by atoms with van der Waals surface area (Å²) in [5.74, 6) is 0. The van der Waals surface area contributed by atoms with Crippen molar-refractivity contribution in [1.82, 2.24) is 0 Å². The molecule has 0 bridgehead atoms. The highest BCUT2D eigenvalue weighted by Crippen LogP contribution is 2.54. The monoisotopic (exact) mass is 665 g/mol. The molecule has 0 saturated heterocycles. The fourth-order valence-electron chi connectivity index (χ4n) is 8.04. The molecule has 1 nitrogen and oxygen atoms in total. The first-order valence-corrected chi connectivity index (χ1v) is 18.1. The molecule has 9 rings (SSSR count). The standard InChI is InChI=1S/C51H39N/c1-51(2)47-34-33-43(35-46(47)50-45(22-14-23-48(50)51)41-19-10-5-11-20-41)52(49-24-13-12-21-44(49)40-17-8-4-9-18-40)42-31-29-39(30-32-42)38-27-25-37(26-28-38)36-15-6-3-7-16-36/h3-35H,1-2H3. The second-order valence-corrected chi connectivity index (χ2v) is 14.2. The summed E-state index contributed by atoms with van der Waals surface area (Å²) < 4.78 is 0. The summed E-state index contributed by atoms with van der Waals surface area (Å²) in [7, 11) is 0. The molecule has 0 amide bonds. The number of benzene rings is 8. The molecule has 8 aromatic rings. The van der Waals surface area contributed by atoms with E-state index in [1.165, 1.54) is 66.8 Å². The molecule has 0 N–H and O–H groups in total. The molecular formula is C51H39N. The lowest BCUT2D eigenvalue weighted by atomic mass is 9.82. The van der Waals surface area contributed by atoms with Crippen LogP contribution < -0.4 is 4.90 Å². The van der Waals surface area contributed by atoms with E-state index in [1.807, 2.05) is 0 Å². The van der Waals surface area contributed by atoms with Crippen LogP contribution in [0.1, 0.15) is 25.0 Å². The third-order valence-corrected chi connectivity index (χ3v) is 10.7. The Bertz CT molecular complexity index is 2500. The Balaban J connectivity index is 1.19. The van der Waals surface area contributed by atoms with Crippen LogP contribution in [-0.4, -0.2) is 0 Å². The summed E-state index contributed by atoms with van der Waals surface area (Å²) in [4.78, 5) is 2.43. The number of hydrogen-bond acceptors (Lipinski definition) is 1. The number of anilines is 3. The highest BCUT2D eigenvalue weighted by atomic mass is 15.1. The van der Waals surface area contributed by atoms with E-state index in [0.717, 1.165) is 17.1 Å². The molecule has 1 aliphatic carbocycles. The summed E-state index contributed by atoms with van der Waals surface area (Å²) in [5.41, 5.74) is 18.4. The number of fused-ring (bicyclic) bond motifs is 3. The van der Waals surface area contributed by atoms with Gasteiger partial charge in [0, 0.05) is 22.4 Å². The quantitative estimate of drug-likeness (QED) is 0.164. The molecule has 1 aliphatic rings. The van der Waals surface area contributed by atoms with Crippen LogP contribution in [0, 0.1) is 0 Å². The Morgan fingerprint density at radius 3 is 1.40 bits per heavy atom. The van der Waals surface area contributed by atoms with Gasteiger partial charge in [0.2, 0.25) is 0 Å². The van der Waals surface area contributed by atoms with Crippen molar-refractivity contribution in [3.63, 3.8) is 0 Å². The Morgan fingerprint density at radius 2 is 0.788 bits per heavy atom. The van der Waals surface area contributed by atoms with Crippen LogP contribution in [0.25, 0.3) is 55.6 Å². The van der Waals surface area contributed by atoms with E-state index in [2.05, 4.69) is 219 Å². The van der Waals surface area contributed by atoms with Gasteiger partial charge in [-0.3, -0.25) is 0 Å². The maximum Gasteiger partial charge on any atom is 0.0540 e. The van der Waals surface area contributed by atoms with Crippen LogP contribution in [0.4, 0.5) is 17.1 Å². The third kappa shape index (κ3) is 5.52. The highest BCUT2D eigenvalue weighted by molar-refractivity contribution is 5.96. The molecular weight excluding hydrogens is 627 g/mol. The van der Waals surface area contributed by atoms with Gasteiger partial charge in [0.25, 0.3) is 0 Å². The van der Waals surface area contributed by atoms with Crippen molar-refractivity contribution in [2.45, 2.75) is 19.3 Å². The first kappa shape index (κ1) is 31.5. The molecule has 0 fully saturated rings. The first-order valence-electron chi connectivity index (χ1n) is 18.1. The zero-order chi connectivity index (χ0) is 35.1. The molecule has 0 unspecified atom stereocenters. The van der Waals surface area contributed by atoms with Crippen LogP contribution >= 0.6 is 0 Å². The Hall–Kier alpha value is -6.44. The average Bonchev–Trinajstić information content (AvgIpc) is 3.45. The van der Waals surface area contributed by atoms with Gasteiger partial charge in [-0.15, -0.1) is 0 Å². The van der Waals surface area contributed by atoms with Crippen molar-refractivity contribution in [2.75, 3.05) is 4.90 Å². The van der Waals surface area contributed by atoms with E-state index in [9.17, 15) is 0 Å². The zero-order valence-corrected chi connectivity index (χ0v) is 29.5. The molecule has 0 atom stereocenters. The normalized spacial score (nSPS) is 12.6. The highest BCUT2D eigenvalue weighted by Gasteiger charge is 2.37. The molecule has 0 aromatic heterocycles. The lowest BCUT2D eigenvalue weighted by Gasteiger charge is -2.29. The molecule has 1 heteroatoms. The maximum absolute atomic E-state index is 2.43. The number of nitrogens with zero attached hydrogens (tertiary/aromatic N) is 1. The molecule has 0 aliphatic heterocycles. The largest absolute Gasteiger partial charge is 0.310 e. The molecule has 0 spiro atoms. The van der Waals surface area contributed by atoms with Crippen molar-refractivity contribution < 1.29 is 0 Å². The van der Waals surface area contributed by atoms with Crippen molar-refractivity contribution in [1.29, 1.82) is 0 Å². The molecule has 52 heavy (non-hydrogen) atoms. The number of hydrogen-bond donors (Lipinski definition) is 0. The third-order valence-electron chi connectivity index (χ3n) is 10.7. The maximum atomic E-state index is 2.43. The Labute approximate surface area is 307 Å². The summed E-state index contributed by atoms with van der Waals surface area (Å²) in [6.07, 6.45) is 0. The van der Waals surface area contributed by atoms with Gasteiger partial charge in [-0.2, -0.15) is 0 Å². The van der Waals surface area contributed by atoms with Crippen molar-refractivity contribution in [3.05, 3.63) is 211 Å². The van der Waals surface area contributed by atoms with Gasteiger partial charge >= 0.3 is 0 Å². The zero-order valence-electron chi connectivity index (χ0n) is 29.5. The summed E-state index contributed by atoms with van der Waals surface area (Å²) in [6, 6.07) is 72.7. The van der Waals surface area contributed by atoms with E-state index in [-0.39, 0.29) is 5.41 Å². The van der Waals surface area contributed by atoms with Gasteiger partial charge in [-0.05, 0) is 91.5 Å². The summed E-state index contributed by atoms with van der Waals surface area (Å²) in [6.45, 7) is 4.72. The van der Waals surface area contributed by atoms with Crippen LogP contribution in [0.15, 0.2) is 200 Å². The van der Waals surface area contributed by atoms with E-state index in [0.29, 0.717) is 0 Å². The second kappa shape index (κ2) is 13.0. The van der Waals surface area contributed by atoms with Gasteiger partial charge in [0.15, 0.2) is 0 Å². The van der Waals surface area contributed by atoms with E-state index in [4.69, 9.17) is 0 Å². The van der Waals surface area contributed by atoms with Crippen LogP contribution in [0.3, 0.4) is 0 Å². The van der Waals surface area contributed by atoms with E-state index in [1.54, 1.807) is 0 Å². The van der Waals surface area contributed by atoms with Gasteiger partial charge in [0.1, 0.15) is 0 Å². The lowest BCUT2D eigenvalue weighted by molar-refractivity contribution is 0.660. The van der Waals surface area contributed by atoms with Gasteiger partial charge in [-0.25, -0.2) is 0 Å². The van der Waals surface area contributed by atoms with Gasteiger partial charge in [-0.1, -0.05) is 184 Å². The minimum atomic E-state index is -0.113. The Kier molecular flexibility index (Phi) is 7.90. The van der Waals surface area contributed by atoms with Crippen molar-refractivity contribution in [3.8, 4) is 55.6 Å². The van der Waals surface area contributed by atoms with Crippen molar-refractivity contribution in [2.24, 2.45) is 0 Å². The molecule has 8 aromatic carbocycles. The summed E-state index contributed by atoms with van der Waals surface area (Å²) >= 11 is 0. The van der Waals surface area contributed by atoms with Crippen LogP contribution in [0.5, 0.6) is 0 Å². The molecule has 0 saturated carbocycles. The Morgan fingerprint density at radius 1 is 0.327 bits per heavy atom. The fourth-order valence-corrected chi connectivity index (χ4v) is 8.04. The second-order valence-electron chi connectivity index (χ2n) is 14.2. The first-order chi connectivity index (χ1) is 25.6. The SMILES string of the molecule is CC1(C)c2ccc(N(c3ccc(-c4ccc(-c5ccccc5)cc4)cc3)c3ccccc3-c3ccccc3)cc2-c2c(-c3ccccc3)cccc21. The average molecular weight is 666 g/mol. The fraction of sp³-hybridized carbons (Fsp3) is 0.0588. The predicted octanol–water partition coefficient (Wildman–Crippen LogP) is 14.1. The van der Waals surface area contributed by atoms with Crippen LogP contribution in [-0.2, 0) is 5.41 Å². The molecule has 0 radical (unpaired) electrons. The van der Waals surface area contributed by atoms with Crippen molar-refractivity contribution >= 4 is 17.1 Å². The van der Waals surface area contributed by atoms with Gasteiger partial charge in [0.05, 0.1) is 5.69 Å². The van der Waals surface area contributed by atoms with E-state index >= 15 is 0 Å². The molecule has 248 valence electrons. The smallest absolute Gasteiger partial charge is 0.0540 e. The van der Waals surface area contributed by atoms with Gasteiger partial charge < -0.3 is 4.90 Å². The summed E-state index contributed by atoms with van der Waals surface area (Å²) in [5, 5.41) is 0. The number of rotatable bonds is 7. The van der Waals surface area contributed by atoms with Crippen LogP contribution in [0.2, 0.25) is 0 Å². The molecule has 0 heterocycles. The predicted molar refractivity (Wildman–Crippen MR) is 220 cm³/mol. The minimum absolute atomic E-state index is 0.113. The lowest BCUT2D eigenvalue weighted by Crippen LogP contribution is -2.15. The topological polar surface area (TPSA) is 3.24 Å². The number of para-hydroxylation sites is 1. The van der Waals surface area contributed by atoms with E-state index < -0.39 is 0 Å².